The average Bonchev–Trinajstić information content (AvgIpc) is 2.73. The van der Waals surface area contributed by atoms with Gasteiger partial charge in [-0.2, -0.15) is 0 Å². The zero-order valence-corrected chi connectivity index (χ0v) is 14.1. The Morgan fingerprint density at radius 3 is 1.27 bits per heavy atom. The van der Waals surface area contributed by atoms with Gasteiger partial charge < -0.3 is 4.84 Å². The number of allylic oxidation sites excluding steroid dienone is 2. The van der Waals surface area contributed by atoms with E-state index in [1.807, 2.05) is 6.08 Å². The zero-order valence-electron chi connectivity index (χ0n) is 14.1. The highest BCUT2D eigenvalue weighted by molar-refractivity contribution is 6.32. The van der Waals surface area contributed by atoms with E-state index in [1.54, 1.807) is 18.5 Å². The van der Waals surface area contributed by atoms with Crippen LogP contribution in [0.5, 0.6) is 0 Å². The third-order valence-corrected chi connectivity index (χ3v) is 4.88. The van der Waals surface area contributed by atoms with Crippen molar-refractivity contribution in [1.29, 1.82) is 0 Å². The Morgan fingerprint density at radius 2 is 1.00 bits per heavy atom. The first-order chi connectivity index (χ1) is 12.9. The first-order valence-corrected chi connectivity index (χ1v) is 8.70. The van der Waals surface area contributed by atoms with Gasteiger partial charge in [-0.05, 0) is 55.2 Å². The van der Waals surface area contributed by atoms with E-state index in [2.05, 4.69) is 83.1 Å². The third-order valence-electron chi connectivity index (χ3n) is 4.88. The number of nitrogens with one attached hydrogen (secondary N) is 1. The van der Waals surface area contributed by atoms with Gasteiger partial charge in [-0.15, -0.1) is 0 Å². The van der Waals surface area contributed by atoms with Crippen LogP contribution in [0.2, 0.25) is 0 Å². The highest BCUT2D eigenvalue weighted by Gasteiger charge is 2.11. The normalized spacial score (nSPS) is 12.9. The third kappa shape index (κ3) is 2.27. The van der Waals surface area contributed by atoms with Gasteiger partial charge >= 0.3 is 0 Å². The van der Waals surface area contributed by atoms with Crippen LogP contribution in [0.25, 0.3) is 43.1 Å². The van der Waals surface area contributed by atoms with Gasteiger partial charge in [0.15, 0.2) is 0 Å². The molecule has 5 aromatic rings. The van der Waals surface area contributed by atoms with Crippen LogP contribution in [0.15, 0.2) is 97.4 Å². The van der Waals surface area contributed by atoms with Gasteiger partial charge in [0.25, 0.3) is 0 Å². The minimum Gasteiger partial charge on any atom is -0.391 e. The number of hydrogen-bond acceptors (Lipinski definition) is 2. The Balaban J connectivity index is 0.000000215. The predicted octanol–water partition coefficient (Wildman–Crippen LogP) is 6.29. The molecule has 0 fully saturated rings. The molecule has 0 saturated heterocycles. The van der Waals surface area contributed by atoms with Crippen LogP contribution in [0.3, 0.4) is 0 Å². The molecule has 0 bridgehead atoms. The SMILES string of the molecule is C1=CNOC=C1.c1cc2cccc3c4cccc5cccc(c(c1)c23)c54. The van der Waals surface area contributed by atoms with Crippen molar-refractivity contribution in [3.05, 3.63) is 97.4 Å². The van der Waals surface area contributed by atoms with Crippen molar-refractivity contribution in [1.82, 2.24) is 5.48 Å². The maximum atomic E-state index is 4.55. The van der Waals surface area contributed by atoms with Crippen molar-refractivity contribution in [3.63, 3.8) is 0 Å². The lowest BCUT2D eigenvalue weighted by Crippen LogP contribution is -2.01. The first-order valence-electron chi connectivity index (χ1n) is 8.70. The summed E-state index contributed by atoms with van der Waals surface area (Å²) >= 11 is 0. The second-order valence-corrected chi connectivity index (χ2v) is 6.34. The van der Waals surface area contributed by atoms with Gasteiger partial charge in [-0.25, -0.2) is 5.48 Å². The molecule has 0 aliphatic carbocycles. The van der Waals surface area contributed by atoms with Crippen LogP contribution in [0.1, 0.15) is 0 Å². The molecule has 1 aliphatic heterocycles. The summed E-state index contributed by atoms with van der Waals surface area (Å²) in [6.07, 6.45) is 6.93. The lowest BCUT2D eigenvalue weighted by atomic mass is 9.90. The van der Waals surface area contributed by atoms with Gasteiger partial charge in [-0.3, -0.25) is 0 Å². The molecule has 0 amide bonds. The van der Waals surface area contributed by atoms with E-state index in [4.69, 9.17) is 0 Å². The van der Waals surface area contributed by atoms with Gasteiger partial charge in [0.05, 0.1) is 0 Å². The molecule has 0 spiro atoms. The van der Waals surface area contributed by atoms with E-state index >= 15 is 0 Å². The predicted molar refractivity (Wildman–Crippen MR) is 110 cm³/mol. The molecule has 5 aromatic carbocycles. The summed E-state index contributed by atoms with van der Waals surface area (Å²) in [6, 6.07) is 26.4. The van der Waals surface area contributed by atoms with Crippen LogP contribution in [0, 0.1) is 0 Å². The smallest absolute Gasteiger partial charge is 0.119 e. The molecule has 0 aromatic heterocycles. The van der Waals surface area contributed by atoms with Gasteiger partial charge in [-0.1, -0.05) is 72.8 Å². The van der Waals surface area contributed by atoms with Gasteiger partial charge in [0, 0.05) is 6.20 Å². The number of rotatable bonds is 0. The average molecular weight is 335 g/mol. The van der Waals surface area contributed by atoms with E-state index in [0.29, 0.717) is 0 Å². The van der Waals surface area contributed by atoms with Crippen LogP contribution < -0.4 is 5.48 Å². The molecule has 1 aliphatic rings. The topological polar surface area (TPSA) is 21.3 Å². The Bertz CT molecular complexity index is 1100. The molecule has 0 saturated carbocycles. The minimum absolute atomic E-state index is 1.33. The molecule has 2 nitrogen and oxygen atoms in total. The molecule has 26 heavy (non-hydrogen) atoms. The Kier molecular flexibility index (Phi) is 3.46. The summed E-state index contributed by atoms with van der Waals surface area (Å²) in [4.78, 5) is 4.55. The molecule has 0 unspecified atom stereocenters. The Morgan fingerprint density at radius 1 is 0.538 bits per heavy atom. The first kappa shape index (κ1) is 14.8. The molecule has 1 N–H and O–H groups in total. The lowest BCUT2D eigenvalue weighted by molar-refractivity contribution is 0.172. The lowest BCUT2D eigenvalue weighted by Gasteiger charge is -2.13. The van der Waals surface area contributed by atoms with Crippen molar-refractivity contribution < 1.29 is 4.84 Å². The molecule has 6 rings (SSSR count). The molecule has 2 heteroatoms. The van der Waals surface area contributed by atoms with Crippen LogP contribution in [-0.2, 0) is 4.84 Å². The monoisotopic (exact) mass is 335 g/mol. The molecule has 1 heterocycles. The molecule has 124 valence electrons. The summed E-state index contributed by atoms with van der Waals surface area (Å²) < 4.78 is 0. The van der Waals surface area contributed by atoms with E-state index in [1.165, 1.54) is 43.1 Å². The van der Waals surface area contributed by atoms with Crippen molar-refractivity contribution in [2.45, 2.75) is 0 Å². The van der Waals surface area contributed by atoms with Crippen LogP contribution in [-0.4, -0.2) is 0 Å². The number of hydrogen-bond donors (Lipinski definition) is 1. The fraction of sp³-hybridized carbons (Fsp3) is 0. The number of benzene rings is 5. The van der Waals surface area contributed by atoms with Crippen LogP contribution >= 0.6 is 0 Å². The van der Waals surface area contributed by atoms with Crippen molar-refractivity contribution in [2.75, 3.05) is 0 Å². The minimum atomic E-state index is 1.33. The largest absolute Gasteiger partial charge is 0.391 e. The summed E-state index contributed by atoms with van der Waals surface area (Å²) in [6.45, 7) is 0. The second-order valence-electron chi connectivity index (χ2n) is 6.34. The van der Waals surface area contributed by atoms with Gasteiger partial charge in [0.1, 0.15) is 6.26 Å². The second kappa shape index (κ2) is 6.08. The van der Waals surface area contributed by atoms with Crippen molar-refractivity contribution >= 4 is 43.1 Å². The van der Waals surface area contributed by atoms with Crippen molar-refractivity contribution in [3.8, 4) is 0 Å². The molecular weight excluding hydrogens is 318 g/mol. The standard InChI is InChI=1S/C20H12.C4H5NO/c1-5-13-6-2-11-17-18-12-4-8-14-7-3-10-16(20(14)18)15(9-1)19(13)17;1-2-4-6-5-3-1/h1-12H;1-5H. The fourth-order valence-electron chi connectivity index (χ4n) is 3.84. The summed E-state index contributed by atoms with van der Waals surface area (Å²) in [5.41, 5.74) is 2.52. The molecule has 0 atom stereocenters. The maximum Gasteiger partial charge on any atom is 0.119 e. The maximum absolute atomic E-state index is 4.55. The number of hydroxylamine groups is 1. The van der Waals surface area contributed by atoms with Crippen LogP contribution in [0.4, 0.5) is 0 Å². The van der Waals surface area contributed by atoms with E-state index in [-0.39, 0.29) is 0 Å². The summed E-state index contributed by atoms with van der Waals surface area (Å²) in [5.74, 6) is 0. The Labute approximate surface area is 151 Å². The highest BCUT2D eigenvalue weighted by Crippen LogP contribution is 2.39. The summed E-state index contributed by atoms with van der Waals surface area (Å²) in [7, 11) is 0. The van der Waals surface area contributed by atoms with E-state index < -0.39 is 0 Å². The van der Waals surface area contributed by atoms with Gasteiger partial charge in [0.2, 0.25) is 0 Å². The summed E-state index contributed by atoms with van der Waals surface area (Å²) in [5, 5.41) is 10.9. The van der Waals surface area contributed by atoms with E-state index in [9.17, 15) is 0 Å². The number of fused-ring (bicyclic) bond motifs is 2. The van der Waals surface area contributed by atoms with E-state index in [0.717, 1.165) is 0 Å². The van der Waals surface area contributed by atoms with Crippen molar-refractivity contribution in [2.24, 2.45) is 0 Å². The zero-order chi connectivity index (χ0) is 17.3. The fourth-order valence-corrected chi connectivity index (χ4v) is 3.84. The quantitative estimate of drug-likeness (QED) is 0.265. The molecule has 0 radical (unpaired) electrons. The molecular formula is C24H17NO. The Hall–Kier alpha value is -3.52. The highest BCUT2D eigenvalue weighted by atomic mass is 16.6.